The van der Waals surface area contributed by atoms with Crippen LogP contribution in [0.15, 0.2) is 35.5 Å². The molecule has 12 heteroatoms. The molecule has 2 atom stereocenters. The first-order chi connectivity index (χ1) is 15.0. The van der Waals surface area contributed by atoms with Crippen molar-refractivity contribution < 1.29 is 19.1 Å². The van der Waals surface area contributed by atoms with Crippen LogP contribution in [0.2, 0.25) is 0 Å². The van der Waals surface area contributed by atoms with Crippen molar-refractivity contribution >= 4 is 29.6 Å². The number of carbonyl (C=O) groups excluding carboxylic acids is 3. The van der Waals surface area contributed by atoms with Gasteiger partial charge in [-0.15, -0.1) is 5.10 Å². The van der Waals surface area contributed by atoms with Gasteiger partial charge in [-0.2, -0.15) is 5.01 Å². The first-order valence-corrected chi connectivity index (χ1v) is 11.0. The lowest BCUT2D eigenvalue weighted by Crippen LogP contribution is -2.49. The Balaban J connectivity index is 1.37. The lowest BCUT2D eigenvalue weighted by Gasteiger charge is -2.25. The van der Waals surface area contributed by atoms with E-state index in [2.05, 4.69) is 26.3 Å². The number of aromatic nitrogens is 4. The van der Waals surface area contributed by atoms with E-state index in [-0.39, 0.29) is 11.9 Å². The highest BCUT2D eigenvalue weighted by molar-refractivity contribution is 7.99. The summed E-state index contributed by atoms with van der Waals surface area (Å²) >= 11 is 1.12. The van der Waals surface area contributed by atoms with Crippen molar-refractivity contribution in [1.82, 2.24) is 36.0 Å². The smallest absolute Gasteiger partial charge is 0.344 e. The fraction of sp³-hybridized carbons (Fsp3) is 0.474. The third-order valence-electron chi connectivity index (χ3n) is 5.36. The number of carbonyl (C=O) groups is 3. The van der Waals surface area contributed by atoms with Gasteiger partial charge in [0.1, 0.15) is 5.54 Å². The summed E-state index contributed by atoms with van der Waals surface area (Å²) in [5.41, 5.74) is 1.86. The van der Waals surface area contributed by atoms with E-state index in [1.807, 2.05) is 6.07 Å². The van der Waals surface area contributed by atoms with Crippen molar-refractivity contribution in [2.75, 3.05) is 12.4 Å². The number of hydrazine groups is 1. The number of nitrogens with one attached hydrogen (secondary N) is 2. The largest absolute Gasteiger partial charge is 0.376 e. The Morgan fingerprint density at radius 2 is 2.16 bits per heavy atom. The first kappa shape index (κ1) is 21.2. The van der Waals surface area contributed by atoms with Crippen LogP contribution in [0.1, 0.15) is 31.7 Å². The van der Waals surface area contributed by atoms with Crippen molar-refractivity contribution in [1.29, 1.82) is 0 Å². The molecule has 4 rings (SSSR count). The van der Waals surface area contributed by atoms with Crippen molar-refractivity contribution in [3.05, 3.63) is 35.9 Å². The molecule has 3 heterocycles. The molecule has 0 bridgehead atoms. The standard InChI is InChI=1S/C19H23N7O4S/c1-2-19(13-7-4-3-5-8-13)16(28)26(17(29)20-19)22-15(27)12-31-18-21-23-24-25(18)11-14-9-6-10-30-14/h3-5,7-8,14H,2,6,9-12H2,1H3,(H,20,29)(H,22,27)/t14-,19-/m0/s1. The minimum Gasteiger partial charge on any atom is -0.376 e. The van der Waals surface area contributed by atoms with Crippen LogP contribution in [0, 0.1) is 0 Å². The molecule has 4 amide bonds. The number of amides is 4. The zero-order valence-corrected chi connectivity index (χ0v) is 17.8. The Kier molecular flexibility index (Phi) is 6.18. The van der Waals surface area contributed by atoms with Gasteiger partial charge in [0.05, 0.1) is 18.4 Å². The van der Waals surface area contributed by atoms with Gasteiger partial charge >= 0.3 is 6.03 Å². The van der Waals surface area contributed by atoms with Crippen LogP contribution in [-0.2, 0) is 26.4 Å². The second-order valence-corrected chi connectivity index (χ2v) is 8.24. The summed E-state index contributed by atoms with van der Waals surface area (Å²) in [6, 6.07) is 8.30. The molecule has 2 aromatic rings. The summed E-state index contributed by atoms with van der Waals surface area (Å²) < 4.78 is 7.19. The van der Waals surface area contributed by atoms with E-state index in [1.54, 1.807) is 35.9 Å². The average molecular weight is 446 g/mol. The molecule has 11 nitrogen and oxygen atoms in total. The highest BCUT2D eigenvalue weighted by Crippen LogP contribution is 2.31. The number of tetrazole rings is 1. The fourth-order valence-corrected chi connectivity index (χ4v) is 4.40. The number of nitrogens with zero attached hydrogens (tertiary/aromatic N) is 5. The van der Waals surface area contributed by atoms with Crippen LogP contribution in [0.3, 0.4) is 0 Å². The second-order valence-electron chi connectivity index (χ2n) is 7.30. The summed E-state index contributed by atoms with van der Waals surface area (Å²) in [4.78, 5) is 38.0. The highest BCUT2D eigenvalue weighted by Gasteiger charge is 2.52. The lowest BCUT2D eigenvalue weighted by molar-refractivity contribution is -0.138. The number of benzene rings is 1. The van der Waals surface area contributed by atoms with Gasteiger partial charge in [0, 0.05) is 6.61 Å². The number of thioether (sulfide) groups is 1. The van der Waals surface area contributed by atoms with E-state index < -0.39 is 23.4 Å². The van der Waals surface area contributed by atoms with Crippen molar-refractivity contribution in [2.24, 2.45) is 0 Å². The molecule has 0 radical (unpaired) electrons. The van der Waals surface area contributed by atoms with E-state index in [1.165, 1.54) is 0 Å². The minimum absolute atomic E-state index is 0.0581. The molecule has 2 saturated heterocycles. The number of imide groups is 1. The predicted molar refractivity (Wildman–Crippen MR) is 109 cm³/mol. The molecule has 0 spiro atoms. The summed E-state index contributed by atoms with van der Waals surface area (Å²) in [5.74, 6) is -1.10. The molecule has 1 aromatic heterocycles. The fourth-order valence-electron chi connectivity index (χ4n) is 3.72. The van der Waals surface area contributed by atoms with Crippen molar-refractivity contribution in [2.45, 2.75) is 49.5 Å². The minimum atomic E-state index is -1.20. The lowest BCUT2D eigenvalue weighted by atomic mass is 9.87. The zero-order chi connectivity index (χ0) is 21.8. The highest BCUT2D eigenvalue weighted by atomic mass is 32.2. The Hall–Kier alpha value is -2.99. The van der Waals surface area contributed by atoms with Crippen LogP contribution in [0.25, 0.3) is 0 Å². The van der Waals surface area contributed by atoms with Crippen LogP contribution in [-0.4, -0.2) is 61.5 Å². The SMILES string of the molecule is CC[C@@]1(c2ccccc2)NC(=O)N(NC(=O)CSc2nnnn2C[C@@H]2CCCO2)C1=O. The third kappa shape index (κ3) is 4.26. The molecular formula is C19H23N7O4S. The molecule has 0 unspecified atom stereocenters. The van der Waals surface area contributed by atoms with Crippen LogP contribution < -0.4 is 10.7 Å². The van der Waals surface area contributed by atoms with Crippen molar-refractivity contribution in [3.63, 3.8) is 0 Å². The van der Waals surface area contributed by atoms with E-state index in [4.69, 9.17) is 4.74 Å². The summed E-state index contributed by atoms with van der Waals surface area (Å²) in [7, 11) is 0. The average Bonchev–Trinajstić information content (AvgIpc) is 3.51. The molecule has 1 aromatic carbocycles. The molecular weight excluding hydrogens is 422 g/mol. The summed E-state index contributed by atoms with van der Waals surface area (Å²) in [6.07, 6.45) is 2.35. The molecule has 2 fully saturated rings. The van der Waals surface area contributed by atoms with Crippen LogP contribution in [0.5, 0.6) is 0 Å². The summed E-state index contributed by atoms with van der Waals surface area (Å²) in [6.45, 7) is 3.05. The zero-order valence-electron chi connectivity index (χ0n) is 17.0. The number of hydrogen-bond acceptors (Lipinski definition) is 8. The number of rotatable bonds is 8. The maximum atomic E-state index is 13.1. The van der Waals surface area contributed by atoms with E-state index >= 15 is 0 Å². The van der Waals surface area contributed by atoms with Crippen LogP contribution >= 0.6 is 11.8 Å². The van der Waals surface area contributed by atoms with Crippen LogP contribution in [0.4, 0.5) is 4.79 Å². The van der Waals surface area contributed by atoms with E-state index in [0.29, 0.717) is 23.7 Å². The maximum absolute atomic E-state index is 13.1. The molecule has 0 aliphatic carbocycles. The molecule has 2 N–H and O–H groups in total. The predicted octanol–water partition coefficient (Wildman–Crippen LogP) is 0.833. The van der Waals surface area contributed by atoms with Gasteiger partial charge in [-0.1, -0.05) is 49.0 Å². The van der Waals surface area contributed by atoms with Gasteiger partial charge in [0.25, 0.3) is 5.91 Å². The molecule has 0 saturated carbocycles. The van der Waals surface area contributed by atoms with Gasteiger partial charge in [-0.25, -0.2) is 9.48 Å². The maximum Gasteiger partial charge on any atom is 0.344 e. The molecule has 31 heavy (non-hydrogen) atoms. The monoisotopic (exact) mass is 445 g/mol. The Morgan fingerprint density at radius 3 is 2.87 bits per heavy atom. The Labute approximate surface area is 182 Å². The van der Waals surface area contributed by atoms with Gasteiger partial charge in [0.15, 0.2) is 0 Å². The van der Waals surface area contributed by atoms with Crippen molar-refractivity contribution in [3.8, 4) is 0 Å². The number of ether oxygens (including phenoxy) is 1. The number of hydrogen-bond donors (Lipinski definition) is 2. The third-order valence-corrected chi connectivity index (χ3v) is 6.31. The van der Waals surface area contributed by atoms with Gasteiger partial charge in [0.2, 0.25) is 11.1 Å². The normalized spacial score (nSPS) is 23.3. The molecule has 2 aliphatic heterocycles. The van der Waals surface area contributed by atoms with Gasteiger partial charge in [-0.3, -0.25) is 15.0 Å². The van der Waals surface area contributed by atoms with E-state index in [9.17, 15) is 14.4 Å². The summed E-state index contributed by atoms with van der Waals surface area (Å²) in [5, 5.41) is 15.5. The molecule has 2 aliphatic rings. The second kappa shape index (κ2) is 9.02. The Bertz CT molecular complexity index is 963. The van der Waals surface area contributed by atoms with E-state index in [0.717, 1.165) is 36.2 Å². The number of urea groups is 1. The topological polar surface area (TPSA) is 131 Å². The van der Waals surface area contributed by atoms with Gasteiger partial charge in [-0.05, 0) is 35.3 Å². The first-order valence-electron chi connectivity index (χ1n) is 10.1. The Morgan fingerprint density at radius 1 is 1.35 bits per heavy atom. The quantitative estimate of drug-likeness (QED) is 0.451. The molecule has 164 valence electrons. The van der Waals surface area contributed by atoms with Gasteiger partial charge < -0.3 is 10.1 Å².